The van der Waals surface area contributed by atoms with E-state index in [1.807, 2.05) is 13.2 Å². The number of hydrogen-bond acceptors (Lipinski definition) is 7. The molecule has 1 saturated carbocycles. The third kappa shape index (κ3) is 3.98. The van der Waals surface area contributed by atoms with Crippen molar-refractivity contribution in [3.63, 3.8) is 0 Å². The molecule has 1 aliphatic carbocycles. The summed E-state index contributed by atoms with van der Waals surface area (Å²) in [6.45, 7) is 0. The standard InChI is InChI=1S/C23H20ClFN10O/c1-32-21(10-26-30-32)16-9-28-33(11-16)20(8-14-2-3-14)18-6-4-15(12-35(18)36)22-19(34-13-27-29-31-34)7-5-17(24)23(22)25/h4-7,9-14,20H,2-3,8H2,1H3/t20-/m1/s1. The first-order valence-corrected chi connectivity index (χ1v) is 11.7. The van der Waals surface area contributed by atoms with E-state index in [1.54, 1.807) is 40.0 Å². The molecule has 4 aromatic heterocycles. The van der Waals surface area contributed by atoms with E-state index in [1.165, 1.54) is 23.3 Å². The lowest BCUT2D eigenvalue weighted by atomic mass is 10.0. The summed E-state index contributed by atoms with van der Waals surface area (Å²) < 4.78 is 20.8. The number of pyridine rings is 1. The average molecular weight is 507 g/mol. The van der Waals surface area contributed by atoms with E-state index in [0.29, 0.717) is 22.9 Å². The van der Waals surface area contributed by atoms with Crippen molar-refractivity contribution in [2.45, 2.75) is 25.3 Å². The first-order chi connectivity index (χ1) is 17.5. The minimum absolute atomic E-state index is 0.0660. The zero-order valence-corrected chi connectivity index (χ0v) is 19.9. The molecular weight excluding hydrogens is 487 g/mol. The fourth-order valence-electron chi connectivity index (χ4n) is 4.40. The number of halogens is 2. The van der Waals surface area contributed by atoms with Crippen molar-refractivity contribution in [2.75, 3.05) is 0 Å². The van der Waals surface area contributed by atoms with Crippen LogP contribution in [0.25, 0.3) is 28.1 Å². The van der Waals surface area contributed by atoms with E-state index >= 15 is 4.39 Å². The maximum absolute atomic E-state index is 15.2. The van der Waals surface area contributed by atoms with Crippen LogP contribution in [0.4, 0.5) is 4.39 Å². The van der Waals surface area contributed by atoms with Crippen molar-refractivity contribution in [1.82, 2.24) is 45.0 Å². The van der Waals surface area contributed by atoms with Gasteiger partial charge in [-0.3, -0.25) is 4.68 Å². The maximum atomic E-state index is 15.2. The lowest BCUT2D eigenvalue weighted by Gasteiger charge is -2.18. The van der Waals surface area contributed by atoms with Gasteiger partial charge in [0.15, 0.2) is 12.0 Å². The fraction of sp³-hybridized carbons (Fsp3) is 0.261. The van der Waals surface area contributed by atoms with Gasteiger partial charge in [-0.15, -0.1) is 10.2 Å². The Balaban J connectivity index is 1.41. The third-order valence-corrected chi connectivity index (χ3v) is 6.72. The van der Waals surface area contributed by atoms with Crippen LogP contribution in [0.2, 0.25) is 5.02 Å². The van der Waals surface area contributed by atoms with Crippen molar-refractivity contribution in [1.29, 1.82) is 0 Å². The number of rotatable bonds is 7. The summed E-state index contributed by atoms with van der Waals surface area (Å²) in [6, 6.07) is 6.17. The summed E-state index contributed by atoms with van der Waals surface area (Å²) >= 11 is 6.08. The second-order valence-electron chi connectivity index (χ2n) is 8.83. The minimum Gasteiger partial charge on any atom is -0.618 e. The van der Waals surface area contributed by atoms with Gasteiger partial charge in [-0.25, -0.2) is 9.07 Å². The predicted molar refractivity (Wildman–Crippen MR) is 126 cm³/mol. The van der Waals surface area contributed by atoms with E-state index in [2.05, 4.69) is 30.9 Å². The summed E-state index contributed by atoms with van der Waals surface area (Å²) in [5.41, 5.74) is 3.04. The van der Waals surface area contributed by atoms with Crippen LogP contribution in [-0.4, -0.2) is 45.0 Å². The quantitative estimate of drug-likeness (QED) is 0.246. The van der Waals surface area contributed by atoms with Gasteiger partial charge in [-0.05, 0) is 41.0 Å². The molecule has 0 spiro atoms. The number of hydrogen-bond donors (Lipinski definition) is 0. The summed E-state index contributed by atoms with van der Waals surface area (Å²) in [7, 11) is 1.81. The topological polar surface area (TPSA) is 119 Å². The highest BCUT2D eigenvalue weighted by atomic mass is 35.5. The lowest BCUT2D eigenvalue weighted by Crippen LogP contribution is -2.35. The van der Waals surface area contributed by atoms with Crippen LogP contribution < -0.4 is 4.73 Å². The van der Waals surface area contributed by atoms with Crippen LogP contribution >= 0.6 is 11.6 Å². The second-order valence-corrected chi connectivity index (χ2v) is 9.23. The molecule has 182 valence electrons. The normalized spacial score (nSPS) is 14.3. The average Bonchev–Trinajstić information content (AvgIpc) is 3.24. The van der Waals surface area contributed by atoms with Crippen molar-refractivity contribution in [3.05, 3.63) is 77.1 Å². The number of nitrogens with zero attached hydrogens (tertiary/aromatic N) is 10. The van der Waals surface area contributed by atoms with Crippen LogP contribution in [0.1, 0.15) is 31.0 Å². The molecule has 0 saturated heterocycles. The number of aromatic nitrogens is 10. The highest BCUT2D eigenvalue weighted by molar-refractivity contribution is 6.31. The van der Waals surface area contributed by atoms with Crippen LogP contribution in [0, 0.1) is 16.9 Å². The van der Waals surface area contributed by atoms with Gasteiger partial charge in [0, 0.05) is 24.9 Å². The molecule has 5 aromatic rings. The van der Waals surface area contributed by atoms with Gasteiger partial charge < -0.3 is 5.21 Å². The van der Waals surface area contributed by atoms with Gasteiger partial charge in [0.1, 0.15) is 12.4 Å². The van der Waals surface area contributed by atoms with Crippen molar-refractivity contribution in [3.8, 4) is 28.1 Å². The van der Waals surface area contributed by atoms with Crippen LogP contribution in [0.3, 0.4) is 0 Å². The molecule has 36 heavy (non-hydrogen) atoms. The van der Waals surface area contributed by atoms with Gasteiger partial charge in [-0.2, -0.15) is 14.5 Å². The molecule has 0 amide bonds. The van der Waals surface area contributed by atoms with E-state index in [-0.39, 0.29) is 16.6 Å². The highest BCUT2D eigenvalue weighted by Crippen LogP contribution is 2.39. The molecule has 6 rings (SSSR count). The molecule has 1 atom stereocenters. The molecule has 1 fully saturated rings. The van der Waals surface area contributed by atoms with Crippen LogP contribution in [0.5, 0.6) is 0 Å². The Kier molecular flexibility index (Phi) is 5.44. The number of aryl methyl sites for hydroxylation is 1. The monoisotopic (exact) mass is 506 g/mol. The molecule has 1 aromatic carbocycles. The Morgan fingerprint density at radius 2 is 2.00 bits per heavy atom. The summed E-state index contributed by atoms with van der Waals surface area (Å²) in [4.78, 5) is 0. The number of benzene rings is 1. The van der Waals surface area contributed by atoms with E-state index in [9.17, 15) is 5.21 Å². The summed E-state index contributed by atoms with van der Waals surface area (Å²) in [5.74, 6) is -0.133. The van der Waals surface area contributed by atoms with Gasteiger partial charge in [0.2, 0.25) is 5.69 Å². The van der Waals surface area contributed by atoms with Gasteiger partial charge >= 0.3 is 0 Å². The van der Waals surface area contributed by atoms with Gasteiger partial charge in [0.25, 0.3) is 0 Å². The van der Waals surface area contributed by atoms with E-state index in [4.69, 9.17) is 11.6 Å². The van der Waals surface area contributed by atoms with Crippen molar-refractivity contribution in [2.24, 2.45) is 13.0 Å². The predicted octanol–water partition coefficient (Wildman–Crippen LogP) is 3.14. The maximum Gasteiger partial charge on any atom is 0.217 e. The zero-order valence-electron chi connectivity index (χ0n) is 19.1. The van der Waals surface area contributed by atoms with Gasteiger partial charge in [0.05, 0.1) is 39.9 Å². The molecule has 13 heteroatoms. The smallest absolute Gasteiger partial charge is 0.217 e. The molecule has 0 N–H and O–H groups in total. The Bertz CT molecular complexity index is 1540. The Labute approximate surface area is 209 Å². The first kappa shape index (κ1) is 22.3. The molecule has 1 aliphatic rings. The molecule has 0 aliphatic heterocycles. The zero-order chi connectivity index (χ0) is 24.8. The molecule has 11 nitrogen and oxygen atoms in total. The molecule has 0 bridgehead atoms. The SMILES string of the molecule is Cn1nncc1-c1cnn([C@H](CC2CC2)c2ccc(-c3c(-n4cnnn4)ccc(Cl)c3F)c[n+]2[O-])c1. The fourth-order valence-corrected chi connectivity index (χ4v) is 4.56. The second kappa shape index (κ2) is 8.79. The Morgan fingerprint density at radius 1 is 1.14 bits per heavy atom. The summed E-state index contributed by atoms with van der Waals surface area (Å²) in [6.07, 6.45) is 11.0. The molecule has 4 heterocycles. The van der Waals surface area contributed by atoms with Crippen LogP contribution in [0.15, 0.2) is 55.4 Å². The largest absolute Gasteiger partial charge is 0.618 e. The first-order valence-electron chi connectivity index (χ1n) is 11.3. The third-order valence-electron chi connectivity index (χ3n) is 6.43. The highest BCUT2D eigenvalue weighted by Gasteiger charge is 2.32. The van der Waals surface area contributed by atoms with Crippen molar-refractivity contribution < 1.29 is 9.12 Å². The minimum atomic E-state index is -0.659. The van der Waals surface area contributed by atoms with Gasteiger partial charge in [-0.1, -0.05) is 29.7 Å². The molecular formula is C23H20ClFN10O. The molecule has 0 radical (unpaired) electrons. The van der Waals surface area contributed by atoms with E-state index in [0.717, 1.165) is 35.3 Å². The Morgan fingerprint density at radius 3 is 2.69 bits per heavy atom. The van der Waals surface area contributed by atoms with E-state index < -0.39 is 5.82 Å². The Hall–Kier alpha value is -4.19. The lowest BCUT2D eigenvalue weighted by molar-refractivity contribution is -0.615. The van der Waals surface area contributed by atoms with Crippen molar-refractivity contribution >= 4 is 11.6 Å². The molecule has 0 unspecified atom stereocenters. The van der Waals surface area contributed by atoms with Crippen LogP contribution in [-0.2, 0) is 7.05 Å². The summed E-state index contributed by atoms with van der Waals surface area (Å²) in [5, 5.41) is 36.9. The number of tetrazole rings is 1.